The molecule has 1 aromatic carbocycles. The zero-order valence-corrected chi connectivity index (χ0v) is 14.3. The van der Waals surface area contributed by atoms with Gasteiger partial charge >= 0.3 is 0 Å². The van der Waals surface area contributed by atoms with E-state index >= 15 is 0 Å². The molecule has 0 aliphatic carbocycles. The number of carbonyl (C=O) groups is 1. The molecule has 7 heteroatoms. The number of carbonyl (C=O) groups excluding carboxylic acids is 1. The van der Waals surface area contributed by atoms with Crippen LogP contribution in [0.3, 0.4) is 0 Å². The zero-order chi connectivity index (χ0) is 15.5. The van der Waals surface area contributed by atoms with Crippen molar-refractivity contribution in [2.45, 2.75) is 25.3 Å². The summed E-state index contributed by atoms with van der Waals surface area (Å²) in [5.41, 5.74) is 0.621. The van der Waals surface area contributed by atoms with E-state index < -0.39 is 10.0 Å². The van der Waals surface area contributed by atoms with Crippen LogP contribution in [0, 0.1) is 0 Å². The van der Waals surface area contributed by atoms with Gasteiger partial charge in [0.2, 0.25) is 10.0 Å². The summed E-state index contributed by atoms with van der Waals surface area (Å²) in [7, 11) is -3.24. The Hall–Kier alpha value is -0.920. The van der Waals surface area contributed by atoms with Crippen LogP contribution >= 0.6 is 15.9 Å². The smallest absolute Gasteiger partial charge is 0.254 e. The second-order valence-corrected chi connectivity index (χ2v) is 8.03. The fourth-order valence-electron chi connectivity index (χ4n) is 2.52. The van der Waals surface area contributed by atoms with Gasteiger partial charge in [0.25, 0.3) is 5.91 Å². The molecule has 0 radical (unpaired) electrons. The largest absolute Gasteiger partial charge is 0.334 e. The number of sulfonamides is 1. The van der Waals surface area contributed by atoms with Crippen molar-refractivity contribution in [1.82, 2.24) is 9.62 Å². The van der Waals surface area contributed by atoms with E-state index in [2.05, 4.69) is 20.7 Å². The first kappa shape index (κ1) is 16.5. The van der Waals surface area contributed by atoms with Gasteiger partial charge < -0.3 is 4.90 Å². The Morgan fingerprint density at radius 1 is 1.43 bits per heavy atom. The van der Waals surface area contributed by atoms with Crippen molar-refractivity contribution in [2.75, 3.05) is 19.3 Å². The van der Waals surface area contributed by atoms with Crippen LogP contribution < -0.4 is 4.72 Å². The van der Waals surface area contributed by atoms with Gasteiger partial charge in [0, 0.05) is 29.2 Å². The summed E-state index contributed by atoms with van der Waals surface area (Å²) in [6.07, 6.45) is 3.92. The molecule has 1 unspecified atom stereocenters. The van der Waals surface area contributed by atoms with Crippen molar-refractivity contribution in [3.8, 4) is 0 Å². The number of amides is 1. The quantitative estimate of drug-likeness (QED) is 0.876. The monoisotopic (exact) mass is 374 g/mol. The normalized spacial score (nSPS) is 19.5. The van der Waals surface area contributed by atoms with Crippen molar-refractivity contribution in [3.05, 3.63) is 34.3 Å². The van der Waals surface area contributed by atoms with Crippen LogP contribution in [0.2, 0.25) is 0 Å². The van der Waals surface area contributed by atoms with E-state index in [1.54, 1.807) is 17.0 Å². The van der Waals surface area contributed by atoms with E-state index in [4.69, 9.17) is 0 Å². The van der Waals surface area contributed by atoms with Gasteiger partial charge in [-0.05, 0) is 37.5 Å². The molecular formula is C14H19BrN2O3S. The van der Waals surface area contributed by atoms with Gasteiger partial charge in [-0.25, -0.2) is 13.1 Å². The molecule has 0 spiro atoms. The van der Waals surface area contributed by atoms with Crippen LogP contribution in [0.15, 0.2) is 28.7 Å². The first-order valence-corrected chi connectivity index (χ1v) is 9.56. The average Bonchev–Trinajstić information content (AvgIpc) is 2.44. The summed E-state index contributed by atoms with van der Waals surface area (Å²) >= 11 is 3.36. The van der Waals surface area contributed by atoms with Crippen LogP contribution in [-0.4, -0.2) is 44.6 Å². The lowest BCUT2D eigenvalue weighted by molar-refractivity contribution is 0.0618. The standard InChI is InChI=1S/C14H19BrN2O3S/c1-21(19,20)16-10-13-7-2-3-8-17(13)14(18)11-5-4-6-12(15)9-11/h4-6,9,13,16H,2-3,7-8,10H2,1H3. The summed E-state index contributed by atoms with van der Waals surface area (Å²) in [6.45, 7) is 0.944. The Balaban J connectivity index is 2.12. The van der Waals surface area contributed by atoms with E-state index in [1.807, 2.05) is 12.1 Å². The number of piperidine rings is 1. The van der Waals surface area contributed by atoms with Gasteiger partial charge in [-0.2, -0.15) is 0 Å². The summed E-state index contributed by atoms with van der Waals surface area (Å²) in [4.78, 5) is 14.4. The van der Waals surface area contributed by atoms with Crippen LogP contribution in [0.25, 0.3) is 0 Å². The molecule has 0 saturated carbocycles. The van der Waals surface area contributed by atoms with Crippen molar-refractivity contribution < 1.29 is 13.2 Å². The summed E-state index contributed by atoms with van der Waals surface area (Å²) in [5.74, 6) is -0.0451. The Labute approximate surface area is 133 Å². The molecule has 1 N–H and O–H groups in total. The molecular weight excluding hydrogens is 356 g/mol. The molecule has 1 aliphatic rings. The zero-order valence-electron chi connectivity index (χ0n) is 11.9. The molecule has 5 nitrogen and oxygen atoms in total. The number of hydrogen-bond acceptors (Lipinski definition) is 3. The Kier molecular flexibility index (Phi) is 5.40. The lowest BCUT2D eigenvalue weighted by Gasteiger charge is -2.35. The predicted molar refractivity (Wildman–Crippen MR) is 85.7 cm³/mol. The lowest BCUT2D eigenvalue weighted by Crippen LogP contribution is -2.49. The highest BCUT2D eigenvalue weighted by Gasteiger charge is 2.28. The van der Waals surface area contributed by atoms with Gasteiger partial charge in [-0.15, -0.1) is 0 Å². The van der Waals surface area contributed by atoms with E-state index in [0.29, 0.717) is 12.1 Å². The molecule has 116 valence electrons. The second-order valence-electron chi connectivity index (χ2n) is 5.28. The van der Waals surface area contributed by atoms with E-state index in [0.717, 1.165) is 30.0 Å². The molecule has 1 aliphatic heterocycles. The summed E-state index contributed by atoms with van der Waals surface area (Å²) in [5, 5.41) is 0. The number of nitrogens with zero attached hydrogens (tertiary/aromatic N) is 1. The maximum absolute atomic E-state index is 12.6. The number of rotatable bonds is 4. The second kappa shape index (κ2) is 6.89. The third-order valence-electron chi connectivity index (χ3n) is 3.54. The molecule has 1 fully saturated rings. The first-order chi connectivity index (χ1) is 9.87. The van der Waals surface area contributed by atoms with Gasteiger partial charge in [-0.1, -0.05) is 22.0 Å². The Bertz CT molecular complexity index is 618. The van der Waals surface area contributed by atoms with Gasteiger partial charge in [0.05, 0.1) is 6.26 Å². The van der Waals surface area contributed by atoms with Crippen LogP contribution in [0.5, 0.6) is 0 Å². The number of hydrogen-bond donors (Lipinski definition) is 1. The van der Waals surface area contributed by atoms with E-state index in [9.17, 15) is 13.2 Å². The van der Waals surface area contributed by atoms with Crippen LogP contribution in [-0.2, 0) is 10.0 Å². The Morgan fingerprint density at radius 2 is 2.19 bits per heavy atom. The third kappa shape index (κ3) is 4.79. The molecule has 1 saturated heterocycles. The molecule has 0 bridgehead atoms. The van der Waals surface area contributed by atoms with Gasteiger partial charge in [0.1, 0.15) is 0 Å². The molecule has 21 heavy (non-hydrogen) atoms. The fourth-order valence-corrected chi connectivity index (χ4v) is 3.41. The minimum atomic E-state index is -3.24. The van der Waals surface area contributed by atoms with E-state index in [-0.39, 0.29) is 18.5 Å². The van der Waals surface area contributed by atoms with E-state index in [1.165, 1.54) is 0 Å². The van der Waals surface area contributed by atoms with Crippen LogP contribution in [0.1, 0.15) is 29.6 Å². The first-order valence-electron chi connectivity index (χ1n) is 6.88. The Morgan fingerprint density at radius 3 is 2.86 bits per heavy atom. The third-order valence-corrected chi connectivity index (χ3v) is 4.73. The van der Waals surface area contributed by atoms with Gasteiger partial charge in [0.15, 0.2) is 0 Å². The van der Waals surface area contributed by atoms with Crippen molar-refractivity contribution in [2.24, 2.45) is 0 Å². The maximum atomic E-state index is 12.6. The molecule has 1 aromatic rings. The summed E-state index contributed by atoms with van der Waals surface area (Å²) < 4.78 is 25.9. The van der Waals surface area contributed by atoms with Gasteiger partial charge in [-0.3, -0.25) is 4.79 Å². The number of likely N-dealkylation sites (tertiary alicyclic amines) is 1. The molecule has 0 aromatic heterocycles. The summed E-state index contributed by atoms with van der Waals surface area (Å²) in [6, 6.07) is 7.18. The predicted octanol–water partition coefficient (Wildman–Crippen LogP) is 1.99. The van der Waals surface area contributed by atoms with Crippen molar-refractivity contribution >= 4 is 31.9 Å². The molecule has 2 rings (SSSR count). The minimum Gasteiger partial charge on any atom is -0.334 e. The molecule has 1 heterocycles. The SMILES string of the molecule is CS(=O)(=O)NCC1CCCCN1C(=O)c1cccc(Br)c1. The van der Waals surface area contributed by atoms with Crippen LogP contribution in [0.4, 0.5) is 0 Å². The molecule has 1 atom stereocenters. The number of halogens is 1. The lowest BCUT2D eigenvalue weighted by atomic mass is 10.0. The topological polar surface area (TPSA) is 66.5 Å². The highest BCUT2D eigenvalue weighted by Crippen LogP contribution is 2.21. The fraction of sp³-hybridized carbons (Fsp3) is 0.500. The average molecular weight is 375 g/mol. The highest BCUT2D eigenvalue weighted by atomic mass is 79.9. The number of benzene rings is 1. The maximum Gasteiger partial charge on any atom is 0.254 e. The number of nitrogens with one attached hydrogen (secondary N) is 1. The minimum absolute atomic E-state index is 0.0451. The van der Waals surface area contributed by atoms with Crippen molar-refractivity contribution in [3.63, 3.8) is 0 Å². The van der Waals surface area contributed by atoms with Crippen molar-refractivity contribution in [1.29, 1.82) is 0 Å². The molecule has 1 amide bonds. The highest BCUT2D eigenvalue weighted by molar-refractivity contribution is 9.10.